The first kappa shape index (κ1) is 12.6. The molecule has 0 saturated carbocycles. The van der Waals surface area contributed by atoms with Crippen molar-refractivity contribution in [2.24, 2.45) is 0 Å². The molecule has 0 aromatic carbocycles. The van der Waals surface area contributed by atoms with Gasteiger partial charge in [0.1, 0.15) is 0 Å². The zero-order chi connectivity index (χ0) is 11.8. The quantitative estimate of drug-likeness (QED) is 0.711. The van der Waals surface area contributed by atoms with Crippen LogP contribution in [0.25, 0.3) is 0 Å². The Bertz CT molecular complexity index is 313. The van der Waals surface area contributed by atoms with Gasteiger partial charge in [-0.1, -0.05) is 6.92 Å². The molecule has 0 bridgehead atoms. The lowest BCUT2D eigenvalue weighted by molar-refractivity contribution is -0.120. The number of carbonyl (C=O) groups is 1. The zero-order valence-electron chi connectivity index (χ0n) is 9.86. The molecule has 1 unspecified atom stereocenters. The highest BCUT2D eigenvalue weighted by Gasteiger charge is 2.08. The third kappa shape index (κ3) is 4.40. The highest BCUT2D eigenvalue weighted by Crippen LogP contribution is 2.09. The average molecular weight is 221 g/mol. The first-order chi connectivity index (χ1) is 7.74. The second kappa shape index (κ2) is 6.95. The van der Waals surface area contributed by atoms with E-state index in [0.717, 1.165) is 18.5 Å². The van der Waals surface area contributed by atoms with Gasteiger partial charge in [0.15, 0.2) is 0 Å². The van der Waals surface area contributed by atoms with Crippen molar-refractivity contribution in [1.29, 1.82) is 0 Å². The molecule has 0 aliphatic carbocycles. The lowest BCUT2D eigenvalue weighted by Crippen LogP contribution is -2.35. The molecule has 2 N–H and O–H groups in total. The standard InChI is InChI=1S/C12H19N3O/c1-3-6-14-9-12(16)15-10(2)11-4-7-13-8-5-11/h4-5,7-8,10,14H,3,6,9H2,1-2H3,(H,15,16). The Morgan fingerprint density at radius 1 is 1.44 bits per heavy atom. The van der Waals surface area contributed by atoms with Crippen LogP contribution >= 0.6 is 0 Å². The minimum absolute atomic E-state index is 0.0257. The highest BCUT2D eigenvalue weighted by atomic mass is 16.1. The molecule has 4 heteroatoms. The third-order valence-corrected chi connectivity index (χ3v) is 2.30. The van der Waals surface area contributed by atoms with Gasteiger partial charge in [-0.25, -0.2) is 0 Å². The molecule has 0 fully saturated rings. The lowest BCUT2D eigenvalue weighted by Gasteiger charge is -2.14. The summed E-state index contributed by atoms with van der Waals surface area (Å²) in [5.74, 6) is 0.0257. The average Bonchev–Trinajstić information content (AvgIpc) is 2.30. The molecule has 0 aliphatic heterocycles. The van der Waals surface area contributed by atoms with Crippen molar-refractivity contribution >= 4 is 5.91 Å². The van der Waals surface area contributed by atoms with E-state index in [1.807, 2.05) is 19.1 Å². The second-order valence-corrected chi connectivity index (χ2v) is 3.75. The number of nitrogens with one attached hydrogen (secondary N) is 2. The van der Waals surface area contributed by atoms with Crippen LogP contribution in [-0.4, -0.2) is 24.0 Å². The van der Waals surface area contributed by atoms with Crippen molar-refractivity contribution in [3.05, 3.63) is 30.1 Å². The zero-order valence-corrected chi connectivity index (χ0v) is 9.86. The summed E-state index contributed by atoms with van der Waals surface area (Å²) in [5, 5.41) is 5.99. The van der Waals surface area contributed by atoms with Crippen LogP contribution in [0.1, 0.15) is 31.9 Å². The van der Waals surface area contributed by atoms with Crippen LogP contribution in [0.2, 0.25) is 0 Å². The molecule has 0 spiro atoms. The fourth-order valence-electron chi connectivity index (χ4n) is 1.41. The van der Waals surface area contributed by atoms with Crippen LogP contribution in [0, 0.1) is 0 Å². The van der Waals surface area contributed by atoms with Gasteiger partial charge in [-0.15, -0.1) is 0 Å². The van der Waals surface area contributed by atoms with E-state index in [2.05, 4.69) is 22.5 Å². The summed E-state index contributed by atoms with van der Waals surface area (Å²) in [6, 6.07) is 3.84. The van der Waals surface area contributed by atoms with Crippen LogP contribution in [0.4, 0.5) is 0 Å². The van der Waals surface area contributed by atoms with Crippen molar-refractivity contribution in [2.45, 2.75) is 26.3 Å². The summed E-state index contributed by atoms with van der Waals surface area (Å²) in [7, 11) is 0. The van der Waals surface area contributed by atoms with Gasteiger partial charge in [0.25, 0.3) is 0 Å². The number of amides is 1. The maximum absolute atomic E-state index is 11.5. The van der Waals surface area contributed by atoms with E-state index in [-0.39, 0.29) is 11.9 Å². The van der Waals surface area contributed by atoms with E-state index in [1.165, 1.54) is 0 Å². The lowest BCUT2D eigenvalue weighted by atomic mass is 10.1. The van der Waals surface area contributed by atoms with E-state index < -0.39 is 0 Å². The van der Waals surface area contributed by atoms with Crippen LogP contribution in [0.5, 0.6) is 0 Å². The molecule has 1 rings (SSSR count). The fraction of sp³-hybridized carbons (Fsp3) is 0.500. The molecule has 1 aromatic rings. The first-order valence-electron chi connectivity index (χ1n) is 5.64. The fourth-order valence-corrected chi connectivity index (χ4v) is 1.41. The van der Waals surface area contributed by atoms with Gasteiger partial charge in [0, 0.05) is 12.4 Å². The maximum Gasteiger partial charge on any atom is 0.234 e. The Labute approximate surface area is 96.5 Å². The predicted octanol–water partition coefficient (Wildman–Crippen LogP) is 1.26. The van der Waals surface area contributed by atoms with Crippen molar-refractivity contribution < 1.29 is 4.79 Å². The van der Waals surface area contributed by atoms with Crippen LogP contribution in [0.3, 0.4) is 0 Å². The molecule has 16 heavy (non-hydrogen) atoms. The van der Waals surface area contributed by atoms with Crippen molar-refractivity contribution in [2.75, 3.05) is 13.1 Å². The number of pyridine rings is 1. The van der Waals surface area contributed by atoms with Crippen molar-refractivity contribution in [1.82, 2.24) is 15.6 Å². The molecule has 1 heterocycles. The van der Waals surface area contributed by atoms with Crippen molar-refractivity contribution in [3.63, 3.8) is 0 Å². The van der Waals surface area contributed by atoms with E-state index in [4.69, 9.17) is 0 Å². The maximum atomic E-state index is 11.5. The van der Waals surface area contributed by atoms with E-state index >= 15 is 0 Å². The Hall–Kier alpha value is -1.42. The molecule has 1 atom stereocenters. The molecular weight excluding hydrogens is 202 g/mol. The second-order valence-electron chi connectivity index (χ2n) is 3.75. The summed E-state index contributed by atoms with van der Waals surface area (Å²) in [4.78, 5) is 15.5. The summed E-state index contributed by atoms with van der Waals surface area (Å²) in [5.41, 5.74) is 1.07. The van der Waals surface area contributed by atoms with Gasteiger partial charge in [-0.05, 0) is 37.6 Å². The van der Waals surface area contributed by atoms with Gasteiger partial charge in [0.05, 0.1) is 12.6 Å². The molecule has 88 valence electrons. The summed E-state index contributed by atoms with van der Waals surface area (Å²) >= 11 is 0. The largest absolute Gasteiger partial charge is 0.348 e. The minimum Gasteiger partial charge on any atom is -0.348 e. The Morgan fingerprint density at radius 3 is 2.75 bits per heavy atom. The number of rotatable bonds is 6. The highest BCUT2D eigenvalue weighted by molar-refractivity contribution is 5.78. The van der Waals surface area contributed by atoms with Gasteiger partial charge in [-0.2, -0.15) is 0 Å². The predicted molar refractivity (Wildman–Crippen MR) is 64.0 cm³/mol. The number of hydrogen-bond donors (Lipinski definition) is 2. The number of hydrogen-bond acceptors (Lipinski definition) is 3. The molecule has 0 saturated heterocycles. The smallest absolute Gasteiger partial charge is 0.234 e. The van der Waals surface area contributed by atoms with E-state index in [9.17, 15) is 4.79 Å². The molecule has 1 aromatic heterocycles. The van der Waals surface area contributed by atoms with E-state index in [0.29, 0.717) is 6.54 Å². The molecule has 0 aliphatic rings. The topological polar surface area (TPSA) is 54.0 Å². The Kier molecular flexibility index (Phi) is 5.50. The van der Waals surface area contributed by atoms with Crippen LogP contribution in [0.15, 0.2) is 24.5 Å². The molecule has 4 nitrogen and oxygen atoms in total. The van der Waals surface area contributed by atoms with Crippen LogP contribution in [-0.2, 0) is 4.79 Å². The van der Waals surface area contributed by atoms with Gasteiger partial charge in [0.2, 0.25) is 5.91 Å². The van der Waals surface area contributed by atoms with Gasteiger partial charge < -0.3 is 10.6 Å². The molecule has 1 amide bonds. The normalized spacial score (nSPS) is 12.1. The minimum atomic E-state index is 0.0257. The van der Waals surface area contributed by atoms with Gasteiger partial charge in [-0.3, -0.25) is 9.78 Å². The van der Waals surface area contributed by atoms with Crippen LogP contribution < -0.4 is 10.6 Å². The number of nitrogens with zero attached hydrogens (tertiary/aromatic N) is 1. The Morgan fingerprint density at radius 2 is 2.12 bits per heavy atom. The first-order valence-corrected chi connectivity index (χ1v) is 5.64. The molecular formula is C12H19N3O. The van der Waals surface area contributed by atoms with E-state index in [1.54, 1.807) is 12.4 Å². The molecule has 0 radical (unpaired) electrons. The van der Waals surface area contributed by atoms with Crippen molar-refractivity contribution in [3.8, 4) is 0 Å². The summed E-state index contributed by atoms with van der Waals surface area (Å²) < 4.78 is 0. The van der Waals surface area contributed by atoms with Gasteiger partial charge >= 0.3 is 0 Å². The summed E-state index contributed by atoms with van der Waals surface area (Å²) in [6.07, 6.45) is 4.49. The summed E-state index contributed by atoms with van der Waals surface area (Å²) in [6.45, 7) is 5.29. The number of aromatic nitrogens is 1. The Balaban J connectivity index is 2.34. The monoisotopic (exact) mass is 221 g/mol. The number of carbonyl (C=O) groups excluding carboxylic acids is 1. The third-order valence-electron chi connectivity index (χ3n) is 2.30. The SMILES string of the molecule is CCCNCC(=O)NC(C)c1ccncc1.